The molecule has 0 fully saturated rings. The summed E-state index contributed by atoms with van der Waals surface area (Å²) >= 11 is 3.37. The second-order valence-corrected chi connectivity index (χ2v) is 5.66. The molecule has 0 unspecified atom stereocenters. The Balaban J connectivity index is 2.97. The van der Waals surface area contributed by atoms with Crippen LogP contribution in [0.15, 0.2) is 0 Å². The van der Waals surface area contributed by atoms with Gasteiger partial charge in [0, 0.05) is 22.9 Å². The fourth-order valence-electron chi connectivity index (χ4n) is 2.22. The molecular formula is C15H21BrO3. The highest BCUT2D eigenvalue weighted by Gasteiger charge is 2.20. The number of phenols is 2. The zero-order valence-corrected chi connectivity index (χ0v) is 13.3. The van der Waals surface area contributed by atoms with Crippen LogP contribution in [0.2, 0.25) is 0 Å². The van der Waals surface area contributed by atoms with Gasteiger partial charge in [-0.2, -0.15) is 0 Å². The summed E-state index contributed by atoms with van der Waals surface area (Å²) in [7, 11) is 0. The molecule has 0 bridgehead atoms. The number of rotatable bonds is 6. The van der Waals surface area contributed by atoms with Gasteiger partial charge in [0.1, 0.15) is 0 Å². The summed E-state index contributed by atoms with van der Waals surface area (Å²) in [6.07, 6.45) is 3.41. The van der Waals surface area contributed by atoms with Crippen LogP contribution in [0.5, 0.6) is 11.5 Å². The summed E-state index contributed by atoms with van der Waals surface area (Å²) in [5, 5.41) is 20.6. The van der Waals surface area contributed by atoms with E-state index in [4.69, 9.17) is 0 Å². The predicted octanol–water partition coefficient (Wildman–Crippen LogP) is 4.16. The Morgan fingerprint density at radius 3 is 2.11 bits per heavy atom. The maximum Gasteiger partial charge on any atom is 0.163 e. The number of ketones is 1. The van der Waals surface area contributed by atoms with Gasteiger partial charge in [-0.15, -0.1) is 0 Å². The van der Waals surface area contributed by atoms with Crippen molar-refractivity contribution < 1.29 is 15.0 Å². The molecule has 0 amide bonds. The van der Waals surface area contributed by atoms with Crippen LogP contribution in [-0.2, 0) is 0 Å². The van der Waals surface area contributed by atoms with E-state index in [1.807, 2.05) is 6.92 Å². The fraction of sp³-hybridized carbons (Fsp3) is 0.533. The van der Waals surface area contributed by atoms with E-state index in [0.29, 0.717) is 23.1 Å². The molecule has 0 saturated carbocycles. The van der Waals surface area contributed by atoms with Gasteiger partial charge in [0.15, 0.2) is 17.3 Å². The number of carbonyl (C=O) groups excluding carboxylic acids is 1. The van der Waals surface area contributed by atoms with Crippen molar-refractivity contribution in [1.29, 1.82) is 0 Å². The van der Waals surface area contributed by atoms with Gasteiger partial charge < -0.3 is 10.2 Å². The first-order chi connectivity index (χ1) is 8.91. The zero-order chi connectivity index (χ0) is 14.6. The summed E-state index contributed by atoms with van der Waals surface area (Å²) < 4.78 is 0. The molecule has 0 atom stereocenters. The van der Waals surface area contributed by atoms with Crippen LogP contribution in [0.1, 0.15) is 52.7 Å². The van der Waals surface area contributed by atoms with Crippen molar-refractivity contribution >= 4 is 21.7 Å². The van der Waals surface area contributed by atoms with Crippen molar-refractivity contribution in [3.63, 3.8) is 0 Å². The van der Waals surface area contributed by atoms with Gasteiger partial charge >= 0.3 is 0 Å². The second-order valence-electron chi connectivity index (χ2n) is 4.87. The lowest BCUT2D eigenvalue weighted by atomic mass is 9.91. The van der Waals surface area contributed by atoms with Crippen molar-refractivity contribution in [2.75, 3.05) is 5.33 Å². The lowest BCUT2D eigenvalue weighted by Crippen LogP contribution is -2.06. The molecule has 1 aromatic carbocycles. The van der Waals surface area contributed by atoms with Gasteiger partial charge in [-0.3, -0.25) is 4.79 Å². The highest BCUT2D eigenvalue weighted by molar-refractivity contribution is 9.09. The number of Topliss-reactive ketones (excluding diaryl/α,β-unsaturated/α-hetero) is 1. The summed E-state index contributed by atoms with van der Waals surface area (Å²) in [5.41, 5.74) is 2.38. The molecule has 106 valence electrons. The zero-order valence-electron chi connectivity index (χ0n) is 11.7. The van der Waals surface area contributed by atoms with Crippen molar-refractivity contribution in [3.8, 4) is 11.5 Å². The Kier molecular flexibility index (Phi) is 5.85. The Morgan fingerprint density at radius 1 is 0.947 bits per heavy atom. The largest absolute Gasteiger partial charge is 0.504 e. The molecule has 4 heteroatoms. The summed E-state index contributed by atoms with van der Waals surface area (Å²) in [4.78, 5) is 12.3. The third kappa shape index (κ3) is 3.50. The Labute approximate surface area is 122 Å². The molecule has 0 aliphatic carbocycles. The van der Waals surface area contributed by atoms with E-state index in [9.17, 15) is 15.0 Å². The number of halogens is 1. The van der Waals surface area contributed by atoms with Gasteiger partial charge in [-0.05, 0) is 44.7 Å². The van der Waals surface area contributed by atoms with Crippen molar-refractivity contribution in [2.24, 2.45) is 0 Å². The fourth-order valence-corrected chi connectivity index (χ4v) is 2.62. The third-order valence-corrected chi connectivity index (χ3v) is 4.12. The number of alkyl halides is 1. The average molecular weight is 329 g/mol. The number of unbranched alkanes of at least 4 members (excludes halogenated alkanes) is 2. The number of benzene rings is 1. The van der Waals surface area contributed by atoms with Crippen LogP contribution in [-0.4, -0.2) is 21.3 Å². The van der Waals surface area contributed by atoms with Gasteiger partial charge in [0.05, 0.1) is 0 Å². The normalized spacial score (nSPS) is 10.7. The average Bonchev–Trinajstić information content (AvgIpc) is 2.39. The molecule has 19 heavy (non-hydrogen) atoms. The van der Waals surface area contributed by atoms with Crippen molar-refractivity contribution in [1.82, 2.24) is 0 Å². The number of aromatic hydroxyl groups is 2. The molecule has 0 aliphatic heterocycles. The first kappa shape index (κ1) is 16.0. The number of hydrogen-bond donors (Lipinski definition) is 2. The summed E-state index contributed by atoms with van der Waals surface area (Å²) in [6.45, 7) is 5.20. The van der Waals surface area contributed by atoms with E-state index < -0.39 is 0 Å². The van der Waals surface area contributed by atoms with Gasteiger partial charge in [0.25, 0.3) is 0 Å². The maximum absolute atomic E-state index is 12.3. The van der Waals surface area contributed by atoms with Gasteiger partial charge in [0.2, 0.25) is 0 Å². The maximum atomic E-state index is 12.3. The highest BCUT2D eigenvalue weighted by atomic mass is 79.9. The number of carbonyl (C=O) groups is 1. The van der Waals surface area contributed by atoms with Crippen LogP contribution in [0.25, 0.3) is 0 Å². The van der Waals surface area contributed by atoms with Crippen molar-refractivity contribution in [3.05, 3.63) is 22.3 Å². The standard InChI is InChI=1S/C15H21BrO3/c1-9-10(2)14(18)15(19)11(3)13(9)12(17)7-5-4-6-8-16/h18-19H,4-8H2,1-3H3. The quantitative estimate of drug-likeness (QED) is 0.357. The van der Waals surface area contributed by atoms with E-state index >= 15 is 0 Å². The topological polar surface area (TPSA) is 57.5 Å². The lowest BCUT2D eigenvalue weighted by Gasteiger charge is -2.15. The molecular weight excluding hydrogens is 308 g/mol. The molecule has 0 aliphatic rings. The molecule has 0 spiro atoms. The van der Waals surface area contributed by atoms with E-state index in [0.717, 1.165) is 30.2 Å². The molecule has 0 heterocycles. The minimum absolute atomic E-state index is 0.0444. The van der Waals surface area contributed by atoms with E-state index in [-0.39, 0.29) is 17.3 Å². The third-order valence-electron chi connectivity index (χ3n) is 3.56. The molecule has 3 nitrogen and oxygen atoms in total. The Morgan fingerprint density at radius 2 is 1.53 bits per heavy atom. The first-order valence-electron chi connectivity index (χ1n) is 6.52. The van der Waals surface area contributed by atoms with Crippen LogP contribution in [0.3, 0.4) is 0 Å². The summed E-state index contributed by atoms with van der Waals surface area (Å²) in [6, 6.07) is 0. The van der Waals surface area contributed by atoms with Gasteiger partial charge in [-0.25, -0.2) is 0 Å². The molecule has 1 aromatic rings. The molecule has 0 radical (unpaired) electrons. The van der Waals surface area contributed by atoms with Crippen LogP contribution < -0.4 is 0 Å². The van der Waals surface area contributed by atoms with Crippen LogP contribution in [0, 0.1) is 20.8 Å². The van der Waals surface area contributed by atoms with Crippen LogP contribution in [0.4, 0.5) is 0 Å². The van der Waals surface area contributed by atoms with Crippen molar-refractivity contribution in [2.45, 2.75) is 46.5 Å². The molecule has 0 aromatic heterocycles. The Bertz CT molecular complexity index is 452. The smallest absolute Gasteiger partial charge is 0.163 e. The minimum Gasteiger partial charge on any atom is -0.504 e. The first-order valence-corrected chi connectivity index (χ1v) is 7.64. The SMILES string of the molecule is Cc1c(C)c(C(=O)CCCCCBr)c(C)c(O)c1O. The molecule has 2 N–H and O–H groups in total. The Hall–Kier alpha value is -1.03. The molecule has 1 rings (SSSR count). The van der Waals surface area contributed by atoms with E-state index in [1.165, 1.54) is 0 Å². The lowest BCUT2D eigenvalue weighted by molar-refractivity contribution is 0.0977. The van der Waals surface area contributed by atoms with Crippen LogP contribution >= 0.6 is 15.9 Å². The highest BCUT2D eigenvalue weighted by Crippen LogP contribution is 2.37. The minimum atomic E-state index is -0.174. The number of hydrogen-bond acceptors (Lipinski definition) is 3. The molecule has 0 saturated heterocycles. The summed E-state index contributed by atoms with van der Waals surface area (Å²) in [5.74, 6) is -0.249. The van der Waals surface area contributed by atoms with Gasteiger partial charge in [-0.1, -0.05) is 22.4 Å². The van der Waals surface area contributed by atoms with E-state index in [1.54, 1.807) is 13.8 Å². The second kappa shape index (κ2) is 6.94. The van der Waals surface area contributed by atoms with E-state index in [2.05, 4.69) is 15.9 Å². The monoisotopic (exact) mass is 328 g/mol. The predicted molar refractivity (Wildman–Crippen MR) is 80.6 cm³/mol. The number of phenolic OH excluding ortho intramolecular Hbond substituents is 2.